The van der Waals surface area contributed by atoms with Crippen molar-refractivity contribution in [1.29, 1.82) is 0 Å². The molecule has 0 heterocycles. The van der Waals surface area contributed by atoms with Crippen molar-refractivity contribution in [3.8, 4) is 0 Å². The Morgan fingerprint density at radius 2 is 1.86 bits per heavy atom. The standard InChI is InChI=1S/C10H24N2O2/c1-3-14-9-5-7-10(12-11)6-4-8-13-2/h10,12H,3-9,11H2,1-2H3. The van der Waals surface area contributed by atoms with Crippen LogP contribution >= 0.6 is 0 Å². The molecule has 1 atom stereocenters. The summed E-state index contributed by atoms with van der Waals surface area (Å²) in [7, 11) is 1.72. The number of rotatable bonds is 10. The van der Waals surface area contributed by atoms with Crippen LogP contribution in [0.1, 0.15) is 32.6 Å². The third-order valence-corrected chi connectivity index (χ3v) is 2.18. The van der Waals surface area contributed by atoms with E-state index in [1.807, 2.05) is 6.92 Å². The monoisotopic (exact) mass is 204 g/mol. The summed E-state index contributed by atoms with van der Waals surface area (Å²) in [4.78, 5) is 0. The molecule has 0 aromatic carbocycles. The molecule has 3 N–H and O–H groups in total. The number of hydrogen-bond donors (Lipinski definition) is 2. The van der Waals surface area contributed by atoms with E-state index >= 15 is 0 Å². The molecule has 86 valence electrons. The molecule has 14 heavy (non-hydrogen) atoms. The average Bonchev–Trinajstić information content (AvgIpc) is 2.22. The van der Waals surface area contributed by atoms with E-state index in [1.165, 1.54) is 0 Å². The Hall–Kier alpha value is -0.160. The van der Waals surface area contributed by atoms with Crippen molar-refractivity contribution in [2.24, 2.45) is 5.84 Å². The van der Waals surface area contributed by atoms with Gasteiger partial charge < -0.3 is 9.47 Å². The molecule has 0 rings (SSSR count). The molecule has 0 aliphatic carbocycles. The van der Waals surface area contributed by atoms with Gasteiger partial charge in [0.2, 0.25) is 0 Å². The molecule has 0 saturated heterocycles. The van der Waals surface area contributed by atoms with Crippen LogP contribution in [-0.2, 0) is 9.47 Å². The summed E-state index contributed by atoms with van der Waals surface area (Å²) in [6.07, 6.45) is 4.26. The zero-order valence-electron chi connectivity index (χ0n) is 9.42. The molecule has 0 bridgehead atoms. The molecule has 0 aliphatic heterocycles. The molecule has 0 radical (unpaired) electrons. The Bertz CT molecular complexity index is 112. The van der Waals surface area contributed by atoms with E-state index in [1.54, 1.807) is 7.11 Å². The molecule has 0 aliphatic rings. The summed E-state index contributed by atoms with van der Waals surface area (Å²) in [6.45, 7) is 4.45. The molecule has 4 nitrogen and oxygen atoms in total. The van der Waals surface area contributed by atoms with Gasteiger partial charge in [0.25, 0.3) is 0 Å². The van der Waals surface area contributed by atoms with Gasteiger partial charge in [0.05, 0.1) is 0 Å². The fraction of sp³-hybridized carbons (Fsp3) is 1.00. The Morgan fingerprint density at radius 3 is 2.36 bits per heavy atom. The van der Waals surface area contributed by atoms with Crippen molar-refractivity contribution in [2.75, 3.05) is 26.9 Å². The summed E-state index contributed by atoms with van der Waals surface area (Å²) < 4.78 is 10.2. The minimum atomic E-state index is 0.394. The lowest BCUT2D eigenvalue weighted by Gasteiger charge is -2.15. The predicted molar refractivity (Wildman–Crippen MR) is 57.9 cm³/mol. The van der Waals surface area contributed by atoms with Crippen LogP contribution in [0.15, 0.2) is 0 Å². The molecule has 4 heteroatoms. The van der Waals surface area contributed by atoms with Gasteiger partial charge in [0.1, 0.15) is 0 Å². The third-order valence-electron chi connectivity index (χ3n) is 2.18. The van der Waals surface area contributed by atoms with Gasteiger partial charge in [-0.1, -0.05) is 0 Å². The number of nitrogens with two attached hydrogens (primary N) is 1. The van der Waals surface area contributed by atoms with Crippen LogP contribution in [0, 0.1) is 0 Å². The van der Waals surface area contributed by atoms with Crippen LogP contribution in [0.25, 0.3) is 0 Å². The quantitative estimate of drug-likeness (QED) is 0.317. The largest absolute Gasteiger partial charge is 0.385 e. The fourth-order valence-corrected chi connectivity index (χ4v) is 1.36. The molecule has 0 saturated carbocycles. The van der Waals surface area contributed by atoms with Crippen molar-refractivity contribution in [3.63, 3.8) is 0 Å². The number of hydrogen-bond acceptors (Lipinski definition) is 4. The van der Waals surface area contributed by atoms with Crippen molar-refractivity contribution >= 4 is 0 Å². The highest BCUT2D eigenvalue weighted by atomic mass is 16.5. The zero-order chi connectivity index (χ0) is 10.6. The highest BCUT2D eigenvalue weighted by Crippen LogP contribution is 2.04. The second kappa shape index (κ2) is 10.9. The normalized spacial score (nSPS) is 13.1. The predicted octanol–water partition coefficient (Wildman–Crippen LogP) is 1.06. The smallest absolute Gasteiger partial charge is 0.0466 e. The zero-order valence-corrected chi connectivity index (χ0v) is 9.42. The lowest BCUT2D eigenvalue weighted by molar-refractivity contribution is 0.139. The summed E-state index contributed by atoms with van der Waals surface area (Å²) >= 11 is 0. The van der Waals surface area contributed by atoms with Crippen molar-refractivity contribution in [3.05, 3.63) is 0 Å². The molecular weight excluding hydrogens is 180 g/mol. The van der Waals surface area contributed by atoms with Gasteiger partial charge in [-0.3, -0.25) is 11.3 Å². The molecular formula is C10H24N2O2. The lowest BCUT2D eigenvalue weighted by Crippen LogP contribution is -2.35. The first-order valence-corrected chi connectivity index (χ1v) is 5.38. The summed E-state index contributed by atoms with van der Waals surface area (Å²) in [5, 5.41) is 0. The SMILES string of the molecule is CCOCCCC(CCCOC)NN. The molecule has 0 amide bonds. The van der Waals surface area contributed by atoms with E-state index in [2.05, 4.69) is 5.43 Å². The van der Waals surface area contributed by atoms with Crippen LogP contribution in [0.4, 0.5) is 0 Å². The second-order valence-electron chi connectivity index (χ2n) is 3.34. The molecule has 1 unspecified atom stereocenters. The molecule has 0 aromatic rings. The van der Waals surface area contributed by atoms with Crippen molar-refractivity contribution < 1.29 is 9.47 Å². The minimum absolute atomic E-state index is 0.394. The van der Waals surface area contributed by atoms with Crippen LogP contribution in [-0.4, -0.2) is 33.0 Å². The number of hydrazine groups is 1. The first kappa shape index (κ1) is 13.8. The van der Waals surface area contributed by atoms with E-state index in [4.69, 9.17) is 15.3 Å². The third kappa shape index (κ3) is 8.44. The lowest BCUT2D eigenvalue weighted by atomic mass is 10.1. The van der Waals surface area contributed by atoms with E-state index in [9.17, 15) is 0 Å². The van der Waals surface area contributed by atoms with Crippen molar-refractivity contribution in [2.45, 2.75) is 38.6 Å². The van der Waals surface area contributed by atoms with E-state index in [-0.39, 0.29) is 0 Å². The van der Waals surface area contributed by atoms with Gasteiger partial charge in [0, 0.05) is 33.0 Å². The van der Waals surface area contributed by atoms with E-state index < -0.39 is 0 Å². The Kier molecular flexibility index (Phi) is 10.8. The first-order chi connectivity index (χ1) is 6.85. The number of methoxy groups -OCH3 is 1. The van der Waals surface area contributed by atoms with Gasteiger partial charge in [0.15, 0.2) is 0 Å². The van der Waals surface area contributed by atoms with E-state index in [0.29, 0.717) is 6.04 Å². The second-order valence-corrected chi connectivity index (χ2v) is 3.34. The maximum absolute atomic E-state index is 5.44. The summed E-state index contributed by atoms with van der Waals surface area (Å²) in [5.74, 6) is 5.44. The Labute approximate surface area is 87.1 Å². The van der Waals surface area contributed by atoms with Gasteiger partial charge >= 0.3 is 0 Å². The minimum Gasteiger partial charge on any atom is -0.385 e. The maximum Gasteiger partial charge on any atom is 0.0466 e. The van der Waals surface area contributed by atoms with Crippen LogP contribution in [0.5, 0.6) is 0 Å². The highest BCUT2D eigenvalue weighted by molar-refractivity contribution is 4.63. The summed E-state index contributed by atoms with van der Waals surface area (Å²) in [6, 6.07) is 0.394. The summed E-state index contributed by atoms with van der Waals surface area (Å²) in [5.41, 5.74) is 2.83. The number of nitrogens with one attached hydrogen (secondary N) is 1. The van der Waals surface area contributed by atoms with Gasteiger partial charge in [-0.2, -0.15) is 0 Å². The van der Waals surface area contributed by atoms with Gasteiger partial charge in [-0.25, -0.2) is 0 Å². The van der Waals surface area contributed by atoms with E-state index in [0.717, 1.165) is 45.5 Å². The molecule has 0 aromatic heterocycles. The highest BCUT2D eigenvalue weighted by Gasteiger charge is 2.05. The molecule has 0 spiro atoms. The van der Waals surface area contributed by atoms with Crippen LogP contribution in [0.2, 0.25) is 0 Å². The Balaban J connectivity index is 3.28. The maximum atomic E-state index is 5.44. The number of ether oxygens (including phenoxy) is 2. The van der Waals surface area contributed by atoms with Crippen LogP contribution in [0.3, 0.4) is 0 Å². The van der Waals surface area contributed by atoms with Crippen LogP contribution < -0.4 is 11.3 Å². The fourth-order valence-electron chi connectivity index (χ4n) is 1.36. The van der Waals surface area contributed by atoms with Crippen molar-refractivity contribution in [1.82, 2.24) is 5.43 Å². The topological polar surface area (TPSA) is 56.5 Å². The van der Waals surface area contributed by atoms with Gasteiger partial charge in [-0.15, -0.1) is 0 Å². The first-order valence-electron chi connectivity index (χ1n) is 5.38. The molecule has 0 fully saturated rings. The van der Waals surface area contributed by atoms with Gasteiger partial charge in [-0.05, 0) is 32.6 Å². The Morgan fingerprint density at radius 1 is 1.21 bits per heavy atom. The average molecular weight is 204 g/mol.